The molecule has 134 valence electrons. The maximum absolute atomic E-state index is 12.1. The van der Waals surface area contributed by atoms with E-state index in [1.165, 1.54) is 0 Å². The first kappa shape index (κ1) is 16.4. The number of benzene rings is 1. The Bertz CT molecular complexity index is 1100. The van der Waals surface area contributed by atoms with E-state index in [1.807, 2.05) is 32.9 Å². The first-order valence-corrected chi connectivity index (χ1v) is 8.73. The highest BCUT2D eigenvalue weighted by molar-refractivity contribution is 6.11. The number of pyridine rings is 1. The monoisotopic (exact) mass is 350 g/mol. The number of aryl methyl sites for hydroxylation is 3. The number of aromatic hydroxyl groups is 1. The first-order valence-electron chi connectivity index (χ1n) is 8.73. The van der Waals surface area contributed by atoms with Gasteiger partial charge in [0.25, 0.3) is 5.91 Å². The molecule has 2 aromatic heterocycles. The van der Waals surface area contributed by atoms with Crippen molar-refractivity contribution < 1.29 is 9.90 Å². The molecule has 0 fully saturated rings. The molecule has 0 spiro atoms. The van der Waals surface area contributed by atoms with Crippen LogP contribution in [0.5, 0.6) is 5.75 Å². The number of nitrogen functional groups attached to an aromatic ring is 1. The number of primary amides is 1. The summed E-state index contributed by atoms with van der Waals surface area (Å²) in [6.07, 6.45) is 2.85. The average molecular weight is 350 g/mol. The Morgan fingerprint density at radius 1 is 1.23 bits per heavy atom. The first-order chi connectivity index (χ1) is 12.3. The van der Waals surface area contributed by atoms with E-state index in [1.54, 1.807) is 4.57 Å². The van der Waals surface area contributed by atoms with Crippen molar-refractivity contribution >= 4 is 22.8 Å². The van der Waals surface area contributed by atoms with Crippen LogP contribution >= 0.6 is 0 Å². The molecule has 5 N–H and O–H groups in total. The van der Waals surface area contributed by atoms with Gasteiger partial charge in [0.05, 0.1) is 11.3 Å². The van der Waals surface area contributed by atoms with Crippen molar-refractivity contribution in [2.75, 3.05) is 5.73 Å². The van der Waals surface area contributed by atoms with Crippen molar-refractivity contribution in [1.29, 1.82) is 0 Å². The van der Waals surface area contributed by atoms with Crippen LogP contribution < -0.4 is 11.5 Å². The van der Waals surface area contributed by atoms with Crippen molar-refractivity contribution in [2.24, 2.45) is 5.73 Å². The van der Waals surface area contributed by atoms with Gasteiger partial charge >= 0.3 is 0 Å². The predicted molar refractivity (Wildman–Crippen MR) is 102 cm³/mol. The Kier molecular flexibility index (Phi) is 3.47. The molecule has 6 heteroatoms. The fourth-order valence-corrected chi connectivity index (χ4v) is 4.02. The van der Waals surface area contributed by atoms with Gasteiger partial charge < -0.3 is 16.6 Å². The second kappa shape index (κ2) is 5.49. The molecule has 0 bridgehead atoms. The van der Waals surface area contributed by atoms with Crippen molar-refractivity contribution in [2.45, 2.75) is 40.0 Å². The van der Waals surface area contributed by atoms with Crippen LogP contribution in [0.15, 0.2) is 12.1 Å². The molecule has 1 amide bonds. The third-order valence-corrected chi connectivity index (χ3v) is 5.49. The molecule has 0 saturated heterocycles. The maximum atomic E-state index is 12.1. The van der Waals surface area contributed by atoms with Gasteiger partial charge in [-0.05, 0) is 68.9 Å². The van der Waals surface area contributed by atoms with E-state index in [-0.39, 0.29) is 17.1 Å². The minimum absolute atomic E-state index is 0.228. The number of anilines is 1. The molecule has 1 aliphatic carbocycles. The van der Waals surface area contributed by atoms with Crippen LogP contribution in [0.1, 0.15) is 44.7 Å². The van der Waals surface area contributed by atoms with Crippen molar-refractivity contribution in [3.8, 4) is 11.4 Å². The van der Waals surface area contributed by atoms with Gasteiger partial charge in [0.15, 0.2) is 0 Å². The Hall–Kier alpha value is -3.02. The Labute approximate surface area is 151 Å². The molecule has 0 radical (unpaired) electrons. The highest BCUT2D eigenvalue weighted by Crippen LogP contribution is 2.40. The molecule has 0 atom stereocenters. The summed E-state index contributed by atoms with van der Waals surface area (Å²) < 4.78 is 1.79. The van der Waals surface area contributed by atoms with Gasteiger partial charge in [-0.3, -0.25) is 9.36 Å². The number of phenolic OH excluding ortho intramolecular Hbond substituents is 1. The number of hydrogen-bond donors (Lipinski definition) is 3. The zero-order valence-electron chi connectivity index (χ0n) is 15.2. The van der Waals surface area contributed by atoms with Gasteiger partial charge in [0.2, 0.25) is 0 Å². The zero-order valence-corrected chi connectivity index (χ0v) is 15.2. The molecule has 1 aromatic carbocycles. The van der Waals surface area contributed by atoms with Gasteiger partial charge in [-0.25, -0.2) is 4.98 Å². The number of amides is 1. The fraction of sp³-hybridized carbons (Fsp3) is 0.300. The quantitative estimate of drug-likeness (QED) is 0.660. The Morgan fingerprint density at radius 2 is 1.96 bits per heavy atom. The van der Waals surface area contributed by atoms with E-state index in [9.17, 15) is 9.90 Å². The molecule has 6 nitrogen and oxygen atoms in total. The normalized spacial score (nSPS) is 13.3. The van der Waals surface area contributed by atoms with E-state index in [0.29, 0.717) is 11.0 Å². The Morgan fingerprint density at radius 3 is 2.65 bits per heavy atom. The van der Waals surface area contributed by atoms with Crippen LogP contribution in [0.25, 0.3) is 16.7 Å². The van der Waals surface area contributed by atoms with Crippen LogP contribution in [-0.4, -0.2) is 20.6 Å². The molecule has 1 aliphatic rings. The van der Waals surface area contributed by atoms with Crippen LogP contribution in [0.3, 0.4) is 0 Å². The molecule has 0 saturated carbocycles. The number of nitrogens with two attached hydrogens (primary N) is 2. The number of carbonyl (C=O) groups is 1. The molecular formula is C20H22N4O2. The summed E-state index contributed by atoms with van der Waals surface area (Å²) in [6, 6.07) is 3.74. The summed E-state index contributed by atoms with van der Waals surface area (Å²) in [4.78, 5) is 16.8. The van der Waals surface area contributed by atoms with Gasteiger partial charge in [0, 0.05) is 16.6 Å². The SMILES string of the molecule is Cc1cc2c(C(N)=O)c(N)n(-c3c(C)c(O)cc4c3CCC4)c2nc1C. The molecule has 4 rings (SSSR count). The smallest absolute Gasteiger partial charge is 0.253 e. The average Bonchev–Trinajstić information content (AvgIpc) is 3.12. The van der Waals surface area contributed by atoms with Crippen LogP contribution in [0, 0.1) is 20.8 Å². The van der Waals surface area contributed by atoms with E-state index in [2.05, 4.69) is 0 Å². The minimum atomic E-state index is -0.578. The number of aromatic nitrogens is 2. The van der Waals surface area contributed by atoms with Crippen LogP contribution in [0.4, 0.5) is 5.82 Å². The molecule has 26 heavy (non-hydrogen) atoms. The summed E-state index contributed by atoms with van der Waals surface area (Å²) in [5, 5.41) is 11.1. The largest absolute Gasteiger partial charge is 0.508 e. The van der Waals surface area contributed by atoms with Crippen LogP contribution in [0.2, 0.25) is 0 Å². The lowest BCUT2D eigenvalue weighted by Gasteiger charge is -2.17. The summed E-state index contributed by atoms with van der Waals surface area (Å²) >= 11 is 0. The van der Waals surface area contributed by atoms with E-state index in [0.717, 1.165) is 52.9 Å². The summed E-state index contributed by atoms with van der Waals surface area (Å²) in [7, 11) is 0. The summed E-state index contributed by atoms with van der Waals surface area (Å²) in [5.41, 5.74) is 18.6. The number of phenols is 1. The van der Waals surface area contributed by atoms with Crippen molar-refractivity contribution in [3.63, 3.8) is 0 Å². The van der Waals surface area contributed by atoms with Gasteiger partial charge in [0.1, 0.15) is 17.2 Å². The molecule has 3 aromatic rings. The number of hydrogen-bond acceptors (Lipinski definition) is 4. The maximum Gasteiger partial charge on any atom is 0.253 e. The highest BCUT2D eigenvalue weighted by Gasteiger charge is 2.27. The number of nitrogens with zero attached hydrogens (tertiary/aromatic N) is 2. The molecule has 0 aliphatic heterocycles. The number of fused-ring (bicyclic) bond motifs is 2. The predicted octanol–water partition coefficient (Wildman–Crippen LogP) is 2.83. The lowest BCUT2D eigenvalue weighted by atomic mass is 10.0. The molecule has 2 heterocycles. The Balaban J connectivity index is 2.20. The van der Waals surface area contributed by atoms with Gasteiger partial charge in [-0.2, -0.15) is 0 Å². The van der Waals surface area contributed by atoms with Crippen molar-refractivity contribution in [3.05, 3.63) is 45.6 Å². The highest BCUT2D eigenvalue weighted by atomic mass is 16.3. The van der Waals surface area contributed by atoms with E-state index >= 15 is 0 Å². The second-order valence-electron chi connectivity index (χ2n) is 7.08. The number of rotatable bonds is 2. The third-order valence-electron chi connectivity index (χ3n) is 5.49. The van der Waals surface area contributed by atoms with Gasteiger partial charge in [-0.1, -0.05) is 0 Å². The summed E-state index contributed by atoms with van der Waals surface area (Å²) in [6.45, 7) is 5.73. The number of carbonyl (C=O) groups excluding carboxylic acids is 1. The lowest BCUT2D eigenvalue weighted by molar-refractivity contribution is 0.100. The third kappa shape index (κ3) is 2.11. The van der Waals surface area contributed by atoms with Crippen molar-refractivity contribution in [1.82, 2.24) is 9.55 Å². The zero-order chi connectivity index (χ0) is 18.7. The van der Waals surface area contributed by atoms with E-state index < -0.39 is 5.91 Å². The molecular weight excluding hydrogens is 328 g/mol. The molecule has 0 unspecified atom stereocenters. The standard InChI is InChI=1S/C20H22N4O2/c1-9-7-14-16(19(22)26)18(21)24(20(14)23-11(9)3)17-10(2)15(25)8-12-5-4-6-13(12)17/h7-8,25H,4-6,21H2,1-3H3,(H2,22,26). The van der Waals surface area contributed by atoms with Gasteiger partial charge in [-0.15, -0.1) is 0 Å². The topological polar surface area (TPSA) is 107 Å². The van der Waals surface area contributed by atoms with E-state index in [4.69, 9.17) is 16.5 Å². The van der Waals surface area contributed by atoms with Crippen LogP contribution in [-0.2, 0) is 12.8 Å². The summed E-state index contributed by atoms with van der Waals surface area (Å²) in [5.74, 6) is -0.0788. The fourth-order valence-electron chi connectivity index (χ4n) is 4.02. The minimum Gasteiger partial charge on any atom is -0.508 e. The lowest BCUT2D eigenvalue weighted by Crippen LogP contribution is -2.14. The second-order valence-corrected chi connectivity index (χ2v) is 7.08.